The minimum Gasteiger partial charge on any atom is -0.508 e. The van der Waals surface area contributed by atoms with E-state index < -0.39 is 0 Å². The number of aromatic hydroxyl groups is 1. The number of hydrogen-bond donors (Lipinski definition) is 1. The highest BCUT2D eigenvalue weighted by molar-refractivity contribution is 5.52. The number of phenolic OH excluding ortho intramolecular Hbond substituents is 1. The van der Waals surface area contributed by atoms with Gasteiger partial charge in [-0.25, -0.2) is 0 Å². The van der Waals surface area contributed by atoms with Crippen LogP contribution < -0.4 is 4.74 Å². The fourth-order valence-electron chi connectivity index (χ4n) is 4.93. The van der Waals surface area contributed by atoms with Crippen LogP contribution in [0, 0.1) is 11.8 Å². The molecule has 28 heavy (non-hydrogen) atoms. The van der Waals surface area contributed by atoms with Crippen molar-refractivity contribution in [2.24, 2.45) is 11.8 Å². The zero-order chi connectivity index (χ0) is 20.9. The SMILES string of the molecule is C=C1CC[C@@H](C(C)C)[C@H](c2c(O)cc(C(C)(C)CCCCCC)cc2OC)C1. The Morgan fingerprint density at radius 3 is 2.54 bits per heavy atom. The van der Waals surface area contributed by atoms with E-state index in [1.54, 1.807) is 7.11 Å². The molecule has 1 fully saturated rings. The zero-order valence-corrected chi connectivity index (χ0v) is 19.1. The van der Waals surface area contributed by atoms with E-state index in [9.17, 15) is 5.11 Å². The minimum absolute atomic E-state index is 0.0324. The number of ether oxygens (including phenoxy) is 1. The Bertz CT molecular complexity index is 657. The molecule has 2 nitrogen and oxygen atoms in total. The second-order valence-corrected chi connectivity index (χ2v) is 9.81. The van der Waals surface area contributed by atoms with Crippen molar-refractivity contribution in [3.05, 3.63) is 35.4 Å². The Kier molecular flexibility index (Phi) is 8.04. The van der Waals surface area contributed by atoms with Crippen LogP contribution in [0.1, 0.15) is 103 Å². The van der Waals surface area contributed by atoms with Gasteiger partial charge in [-0.3, -0.25) is 0 Å². The van der Waals surface area contributed by atoms with Crippen molar-refractivity contribution in [3.8, 4) is 11.5 Å². The van der Waals surface area contributed by atoms with E-state index in [-0.39, 0.29) is 11.3 Å². The van der Waals surface area contributed by atoms with Crippen molar-refractivity contribution < 1.29 is 9.84 Å². The molecule has 1 saturated carbocycles. The topological polar surface area (TPSA) is 29.5 Å². The molecule has 1 N–H and O–H groups in total. The van der Waals surface area contributed by atoms with Gasteiger partial charge in [-0.1, -0.05) is 72.5 Å². The second-order valence-electron chi connectivity index (χ2n) is 9.81. The van der Waals surface area contributed by atoms with Gasteiger partial charge in [0.2, 0.25) is 0 Å². The number of rotatable bonds is 9. The summed E-state index contributed by atoms with van der Waals surface area (Å²) in [4.78, 5) is 0. The van der Waals surface area contributed by atoms with Gasteiger partial charge in [-0.05, 0) is 66.5 Å². The number of allylic oxidation sites excluding steroid dienone is 1. The van der Waals surface area contributed by atoms with Gasteiger partial charge < -0.3 is 9.84 Å². The molecule has 158 valence electrons. The summed E-state index contributed by atoms with van der Waals surface area (Å²) in [6.07, 6.45) is 9.39. The Morgan fingerprint density at radius 1 is 1.21 bits per heavy atom. The quantitative estimate of drug-likeness (QED) is 0.347. The average molecular weight is 387 g/mol. The van der Waals surface area contributed by atoms with E-state index in [1.807, 2.05) is 6.07 Å². The first-order chi connectivity index (χ1) is 13.2. The number of benzene rings is 1. The molecule has 2 heteroatoms. The molecule has 0 bridgehead atoms. The fraction of sp³-hybridized carbons (Fsp3) is 0.692. The first-order valence-corrected chi connectivity index (χ1v) is 11.3. The van der Waals surface area contributed by atoms with Crippen LogP contribution in [0.5, 0.6) is 11.5 Å². The third-order valence-electron chi connectivity index (χ3n) is 6.86. The molecule has 0 aromatic heterocycles. The summed E-state index contributed by atoms with van der Waals surface area (Å²) in [5.41, 5.74) is 3.50. The number of methoxy groups -OCH3 is 1. The van der Waals surface area contributed by atoms with Crippen LogP contribution in [-0.2, 0) is 5.41 Å². The molecule has 1 aliphatic rings. The highest BCUT2D eigenvalue weighted by Crippen LogP contribution is 2.50. The standard InChI is InChI=1S/C26H42O2/c1-8-9-10-11-14-26(5,6)20-16-23(27)25(24(17-20)28-7)22-15-19(4)12-13-21(22)18(2)3/h16-18,21-22,27H,4,8-15H2,1-3,5-7H3/t21-,22+/m0/s1. The van der Waals surface area contributed by atoms with Gasteiger partial charge in [-0.15, -0.1) is 0 Å². The maximum Gasteiger partial charge on any atom is 0.126 e. The molecule has 0 amide bonds. The molecule has 0 heterocycles. The predicted octanol–water partition coefficient (Wildman–Crippen LogP) is 7.74. The van der Waals surface area contributed by atoms with Crippen molar-refractivity contribution in [1.29, 1.82) is 0 Å². The lowest BCUT2D eigenvalue weighted by Crippen LogP contribution is -2.24. The molecule has 1 aromatic rings. The first-order valence-electron chi connectivity index (χ1n) is 11.3. The number of phenols is 1. The van der Waals surface area contributed by atoms with Gasteiger partial charge in [-0.2, -0.15) is 0 Å². The van der Waals surface area contributed by atoms with Crippen LogP contribution in [0.15, 0.2) is 24.3 Å². The van der Waals surface area contributed by atoms with Crippen molar-refractivity contribution in [2.75, 3.05) is 7.11 Å². The van der Waals surface area contributed by atoms with E-state index in [0.29, 0.717) is 17.6 Å². The van der Waals surface area contributed by atoms with Gasteiger partial charge >= 0.3 is 0 Å². The van der Waals surface area contributed by atoms with Crippen LogP contribution >= 0.6 is 0 Å². The van der Waals surface area contributed by atoms with Crippen molar-refractivity contribution in [2.45, 2.75) is 97.3 Å². The van der Waals surface area contributed by atoms with Crippen molar-refractivity contribution in [3.63, 3.8) is 0 Å². The summed E-state index contributed by atoms with van der Waals surface area (Å²) in [5.74, 6) is 2.68. The van der Waals surface area contributed by atoms with Gasteiger partial charge in [0, 0.05) is 5.56 Å². The average Bonchev–Trinajstić information content (AvgIpc) is 2.64. The van der Waals surface area contributed by atoms with Gasteiger partial charge in [0.05, 0.1) is 7.11 Å². The van der Waals surface area contributed by atoms with Crippen LogP contribution in [-0.4, -0.2) is 12.2 Å². The number of hydrogen-bond acceptors (Lipinski definition) is 2. The molecule has 0 spiro atoms. The second kappa shape index (κ2) is 9.85. The van der Waals surface area contributed by atoms with E-state index in [2.05, 4.69) is 47.3 Å². The molecular weight excluding hydrogens is 344 g/mol. The molecule has 2 atom stereocenters. The maximum absolute atomic E-state index is 11.1. The van der Waals surface area contributed by atoms with Crippen LogP contribution in [0.25, 0.3) is 0 Å². The lowest BCUT2D eigenvalue weighted by molar-refractivity contribution is 0.258. The van der Waals surface area contributed by atoms with Crippen LogP contribution in [0.3, 0.4) is 0 Å². The minimum atomic E-state index is 0.0324. The summed E-state index contributed by atoms with van der Waals surface area (Å²) >= 11 is 0. The van der Waals surface area contributed by atoms with Gasteiger partial charge in [0.25, 0.3) is 0 Å². The van der Waals surface area contributed by atoms with Gasteiger partial charge in [0.15, 0.2) is 0 Å². The predicted molar refractivity (Wildman–Crippen MR) is 121 cm³/mol. The number of unbranched alkanes of at least 4 members (excludes halogenated alkanes) is 3. The summed E-state index contributed by atoms with van der Waals surface area (Å²) in [7, 11) is 1.73. The third-order valence-corrected chi connectivity index (χ3v) is 6.86. The molecule has 1 aromatic carbocycles. The zero-order valence-electron chi connectivity index (χ0n) is 19.1. The summed E-state index contributed by atoms with van der Waals surface area (Å²) in [6, 6.07) is 4.19. The molecule has 1 aliphatic carbocycles. The van der Waals surface area contributed by atoms with E-state index in [0.717, 1.165) is 37.0 Å². The molecule has 0 unspecified atom stereocenters. The molecule has 0 saturated heterocycles. The summed E-state index contributed by atoms with van der Waals surface area (Å²) < 4.78 is 5.83. The third kappa shape index (κ3) is 5.33. The summed E-state index contributed by atoms with van der Waals surface area (Å²) in [6.45, 7) is 15.7. The van der Waals surface area contributed by atoms with E-state index in [4.69, 9.17) is 4.74 Å². The Balaban J connectivity index is 2.35. The van der Waals surface area contributed by atoms with Crippen LogP contribution in [0.4, 0.5) is 0 Å². The van der Waals surface area contributed by atoms with Crippen molar-refractivity contribution >= 4 is 0 Å². The summed E-state index contributed by atoms with van der Waals surface area (Å²) in [5, 5.41) is 11.1. The molecule has 0 radical (unpaired) electrons. The molecule has 2 rings (SSSR count). The van der Waals surface area contributed by atoms with Crippen molar-refractivity contribution in [1.82, 2.24) is 0 Å². The van der Waals surface area contributed by atoms with Gasteiger partial charge in [0.1, 0.15) is 11.5 Å². The first kappa shape index (κ1) is 22.8. The fourth-order valence-corrected chi connectivity index (χ4v) is 4.93. The van der Waals surface area contributed by atoms with Crippen LogP contribution in [0.2, 0.25) is 0 Å². The van der Waals surface area contributed by atoms with E-state index in [1.165, 1.54) is 36.8 Å². The Morgan fingerprint density at radius 2 is 1.93 bits per heavy atom. The highest BCUT2D eigenvalue weighted by atomic mass is 16.5. The smallest absolute Gasteiger partial charge is 0.126 e. The monoisotopic (exact) mass is 386 g/mol. The highest BCUT2D eigenvalue weighted by Gasteiger charge is 2.35. The Hall–Kier alpha value is -1.44. The lowest BCUT2D eigenvalue weighted by atomic mass is 9.68. The lowest BCUT2D eigenvalue weighted by Gasteiger charge is -2.37. The molecule has 0 aliphatic heterocycles. The maximum atomic E-state index is 11.1. The van der Waals surface area contributed by atoms with E-state index >= 15 is 0 Å². The Labute approximate surface area is 173 Å². The molecular formula is C26H42O2. The normalized spacial score (nSPS) is 20.6. The largest absolute Gasteiger partial charge is 0.508 e.